The van der Waals surface area contributed by atoms with E-state index in [1.807, 2.05) is 0 Å². The van der Waals surface area contributed by atoms with Gasteiger partial charge in [0.1, 0.15) is 0 Å². The van der Waals surface area contributed by atoms with Gasteiger partial charge >= 0.3 is 0 Å². The minimum Gasteiger partial charge on any atom is -0.354 e. The Labute approximate surface area is 486 Å². The van der Waals surface area contributed by atoms with E-state index in [2.05, 4.69) is 317 Å². The van der Waals surface area contributed by atoms with Crippen LogP contribution < -0.4 is 21.4 Å². The summed E-state index contributed by atoms with van der Waals surface area (Å²) >= 11 is 0. The van der Waals surface area contributed by atoms with Crippen molar-refractivity contribution in [2.75, 3.05) is 0 Å². The lowest BCUT2D eigenvalue weighted by Crippen LogP contribution is -2.21. The molecule has 0 radical (unpaired) electrons. The Morgan fingerprint density at radius 3 is 0.655 bits per heavy atom. The van der Waals surface area contributed by atoms with E-state index in [4.69, 9.17) is 15.0 Å². The van der Waals surface area contributed by atoms with Crippen LogP contribution in [-0.2, 0) is 0 Å². The number of aromatic amines is 4. The molecule has 84 heavy (non-hydrogen) atoms. The van der Waals surface area contributed by atoms with E-state index >= 15 is 0 Å². The Morgan fingerprint density at radius 2 is 0.393 bits per heavy atom. The zero-order chi connectivity index (χ0) is 55.8. The summed E-state index contributed by atoms with van der Waals surface area (Å²) in [5.74, 6) is 0. The smallest absolute Gasteiger partial charge is 0.0737 e. The zero-order valence-electron chi connectivity index (χ0n) is 45.6. The minimum atomic E-state index is 0.845. The number of nitrogens with one attached hydrogen (secondary N) is 4. The number of fused-ring (bicyclic) bond motifs is 11. The number of aromatic nitrogens is 4. The summed E-state index contributed by atoms with van der Waals surface area (Å²) in [5.41, 5.74) is 23.1. The van der Waals surface area contributed by atoms with Gasteiger partial charge < -0.3 is 19.9 Å². The van der Waals surface area contributed by atoms with Crippen molar-refractivity contribution in [3.05, 3.63) is 398 Å². The third-order valence-corrected chi connectivity index (χ3v) is 15.8. The summed E-state index contributed by atoms with van der Waals surface area (Å²) in [6.45, 7) is 0. The predicted octanol–water partition coefficient (Wildman–Crippen LogP) is 13.6. The number of allylic oxidation sites excluding steroid dienone is 6. The van der Waals surface area contributed by atoms with Crippen LogP contribution in [0.1, 0.15) is 61.7 Å². The monoisotopic (exact) mass is 1080 g/mol. The maximum atomic E-state index is 5.58. The first-order valence-corrected chi connectivity index (χ1v) is 28.3. The van der Waals surface area contributed by atoms with Gasteiger partial charge in [-0.15, -0.1) is 0 Å². The number of hydrogen-bond donors (Lipinski definition) is 4. The summed E-state index contributed by atoms with van der Waals surface area (Å²) in [6, 6.07) is 91.4. The highest BCUT2D eigenvalue weighted by Gasteiger charge is 2.25. The molecule has 0 amide bonds. The van der Waals surface area contributed by atoms with Crippen LogP contribution in [0.2, 0.25) is 0 Å². The maximum Gasteiger partial charge on any atom is 0.0737 e. The molecule has 7 heteroatoms. The van der Waals surface area contributed by atoms with Gasteiger partial charge in [0.05, 0.1) is 34.2 Å². The number of aliphatic imine (C=N–C) groups is 3. The molecule has 396 valence electrons. The lowest BCUT2D eigenvalue weighted by Gasteiger charge is -2.11. The number of H-pyrrole nitrogens is 4. The van der Waals surface area contributed by atoms with Crippen LogP contribution >= 0.6 is 0 Å². The average Bonchev–Trinajstić information content (AvgIpc) is 4.03. The van der Waals surface area contributed by atoms with Crippen LogP contribution in [0.15, 0.2) is 329 Å². The molecule has 4 aromatic heterocycles. The molecule has 4 N–H and O–H groups in total. The fraction of sp³-hybridized carbons (Fsp3) is 0. The normalized spacial score (nSPS) is 15.0. The van der Waals surface area contributed by atoms with Gasteiger partial charge in [-0.3, -0.25) is 0 Å². The maximum absolute atomic E-state index is 5.58. The Morgan fingerprint density at radius 1 is 0.179 bits per heavy atom. The Kier molecular flexibility index (Phi) is 12.7. The topological polar surface area (TPSA) is 100 Å². The molecule has 4 aliphatic heterocycles. The summed E-state index contributed by atoms with van der Waals surface area (Å²) in [4.78, 5) is 32.5. The lowest BCUT2D eigenvalue weighted by molar-refractivity contribution is 1.22. The van der Waals surface area contributed by atoms with Gasteiger partial charge in [0, 0.05) is 83.2 Å². The second kappa shape index (κ2) is 21.6. The van der Waals surface area contributed by atoms with Crippen LogP contribution in [-0.4, -0.2) is 37.1 Å². The standard InChI is InChI=1S/C77H53N7/c1-8-22-50(23-9-1)71-57-36-38-59(78-57)72(51-24-10-2-11-25-51)61-40-42-63(80-61)74(53-28-14-4-15-29-53)65-44-46-67(82-65)76(55-32-18-6-19-33-55)69-48-49-70(84-69)77(56-34-20-7-21-35-56)68-47-45-66(83-68)75(54-30-16-5-17-31-54)64-43-41-62(81-64)73(52-26-12-3-13-27-52)60-39-37-58(71)79-60/h1-49,78-79,82-83H. The minimum absolute atomic E-state index is 0.845. The Bertz CT molecular complexity index is 4920. The van der Waals surface area contributed by atoms with Crippen molar-refractivity contribution >= 4 is 56.1 Å². The summed E-state index contributed by atoms with van der Waals surface area (Å²) in [7, 11) is 0. The van der Waals surface area contributed by atoms with Crippen molar-refractivity contribution in [1.82, 2.24) is 19.9 Å². The van der Waals surface area contributed by atoms with Crippen LogP contribution in [0.25, 0.3) is 39.0 Å². The van der Waals surface area contributed by atoms with Crippen LogP contribution in [0.5, 0.6) is 0 Å². The third-order valence-electron chi connectivity index (χ3n) is 15.8. The fourth-order valence-corrected chi connectivity index (χ4v) is 12.0. The lowest BCUT2D eigenvalue weighted by atomic mass is 10.0. The predicted molar refractivity (Wildman–Crippen MR) is 344 cm³/mol. The number of hydrogen-bond acceptors (Lipinski definition) is 3. The molecule has 0 atom stereocenters. The largest absolute Gasteiger partial charge is 0.354 e. The summed E-state index contributed by atoms with van der Waals surface area (Å²) in [5, 5.41) is 3.77. The second-order valence-electron chi connectivity index (χ2n) is 21.0. The first-order valence-electron chi connectivity index (χ1n) is 28.3. The van der Waals surface area contributed by atoms with E-state index in [-0.39, 0.29) is 0 Å². The SMILES string of the molecule is C1=CC2=C(c3ccccc3)c3ccc([nH]3)C(c3ccccc3)=C3C=CC(=N3)C(c3ccccc3)=c3ccc([nH]3)=C(c3ccccc3)c3ccc([nH]3)C(c3ccccc3)=C3C=CC(=N3)C(c3ccccc3)=c3ccc([nH]3)=C(c3ccccc3)C1=N2. The van der Waals surface area contributed by atoms with E-state index in [0.717, 1.165) is 156 Å². The number of rotatable bonds is 7. The first-order chi connectivity index (χ1) is 41.6. The molecule has 0 spiro atoms. The van der Waals surface area contributed by atoms with Gasteiger partial charge in [-0.1, -0.05) is 212 Å². The molecule has 0 aliphatic carbocycles. The third kappa shape index (κ3) is 9.31. The molecule has 8 heterocycles. The quantitative estimate of drug-likeness (QED) is 0.122. The molecule has 7 nitrogen and oxygen atoms in total. The van der Waals surface area contributed by atoms with Gasteiger partial charge in [0.25, 0.3) is 0 Å². The molecular formula is C77H53N7. The zero-order valence-corrected chi connectivity index (χ0v) is 45.6. The Balaban J connectivity index is 1.04. The van der Waals surface area contributed by atoms with Gasteiger partial charge in [-0.2, -0.15) is 0 Å². The molecule has 7 aromatic carbocycles. The molecule has 0 unspecified atom stereocenters. The van der Waals surface area contributed by atoms with Crippen molar-refractivity contribution < 1.29 is 0 Å². The molecule has 0 fully saturated rings. The highest BCUT2D eigenvalue weighted by Crippen LogP contribution is 2.37. The Hall–Kier alpha value is -11.4. The van der Waals surface area contributed by atoms with Gasteiger partial charge in [0.15, 0.2) is 0 Å². The molecule has 11 aromatic rings. The summed E-state index contributed by atoms with van der Waals surface area (Å²) in [6.07, 6.45) is 12.9. The van der Waals surface area contributed by atoms with Crippen LogP contribution in [0.4, 0.5) is 0 Å². The molecule has 4 aliphatic rings. The number of nitrogens with zero attached hydrogens (tertiary/aromatic N) is 3. The van der Waals surface area contributed by atoms with Crippen molar-refractivity contribution in [3.8, 4) is 0 Å². The average molecular weight is 1080 g/mol. The fourth-order valence-electron chi connectivity index (χ4n) is 12.0. The van der Waals surface area contributed by atoms with E-state index in [9.17, 15) is 0 Å². The van der Waals surface area contributed by atoms with E-state index in [1.165, 1.54) is 0 Å². The van der Waals surface area contributed by atoms with Crippen LogP contribution in [0, 0.1) is 0 Å². The molecule has 0 saturated carbocycles. The van der Waals surface area contributed by atoms with E-state index in [0.29, 0.717) is 0 Å². The molecule has 14 bridgehead atoms. The molecule has 0 saturated heterocycles. The van der Waals surface area contributed by atoms with Crippen molar-refractivity contribution in [1.29, 1.82) is 0 Å². The van der Waals surface area contributed by atoms with E-state index < -0.39 is 0 Å². The highest BCUT2D eigenvalue weighted by molar-refractivity contribution is 6.32. The van der Waals surface area contributed by atoms with Crippen molar-refractivity contribution in [2.45, 2.75) is 0 Å². The summed E-state index contributed by atoms with van der Waals surface area (Å²) < 4.78 is 0. The second-order valence-corrected chi connectivity index (χ2v) is 21.0. The van der Waals surface area contributed by atoms with Gasteiger partial charge in [-0.05, 0) is 124 Å². The molecule has 15 rings (SSSR count). The highest BCUT2D eigenvalue weighted by atomic mass is 14.8. The van der Waals surface area contributed by atoms with Gasteiger partial charge in [-0.25, -0.2) is 15.0 Å². The first kappa shape index (κ1) is 49.6. The molecular weight excluding hydrogens is 1020 g/mol. The van der Waals surface area contributed by atoms with Crippen molar-refractivity contribution in [3.63, 3.8) is 0 Å². The van der Waals surface area contributed by atoms with Crippen molar-refractivity contribution in [2.24, 2.45) is 15.0 Å². The van der Waals surface area contributed by atoms with Crippen LogP contribution in [0.3, 0.4) is 0 Å². The number of benzene rings is 7. The van der Waals surface area contributed by atoms with E-state index in [1.54, 1.807) is 0 Å². The van der Waals surface area contributed by atoms with Gasteiger partial charge in [0.2, 0.25) is 0 Å².